The third-order valence-corrected chi connectivity index (χ3v) is 4.34. The number of hydrogen-bond acceptors (Lipinski definition) is 4. The van der Waals surface area contributed by atoms with Gasteiger partial charge in [-0.2, -0.15) is 0 Å². The van der Waals surface area contributed by atoms with Gasteiger partial charge < -0.3 is 10.3 Å². The first-order valence-corrected chi connectivity index (χ1v) is 7.11. The maximum atomic E-state index is 14.0. The third kappa shape index (κ3) is 2.10. The summed E-state index contributed by atoms with van der Waals surface area (Å²) in [6.45, 7) is 2.09. The molecule has 0 fully saturated rings. The molecule has 0 saturated carbocycles. The summed E-state index contributed by atoms with van der Waals surface area (Å²) in [5.41, 5.74) is 7.35. The average Bonchev–Trinajstić information content (AvgIpc) is 3.06. The number of halogens is 1. The molecule has 0 aliphatic carbocycles. The van der Waals surface area contributed by atoms with Crippen LogP contribution in [-0.2, 0) is 6.42 Å². The van der Waals surface area contributed by atoms with Gasteiger partial charge in [0, 0.05) is 10.4 Å². The number of rotatable bonds is 3. The quantitative estimate of drug-likeness (QED) is 0.779. The van der Waals surface area contributed by atoms with Gasteiger partial charge in [-0.05, 0) is 24.6 Å². The Morgan fingerprint density at radius 1 is 1.25 bits per heavy atom. The monoisotopic (exact) mass is 288 g/mol. The van der Waals surface area contributed by atoms with Crippen molar-refractivity contribution in [3.63, 3.8) is 0 Å². The first kappa shape index (κ1) is 12.9. The second-order valence-corrected chi connectivity index (χ2v) is 5.54. The predicted molar refractivity (Wildman–Crippen MR) is 79.0 cm³/mol. The molecule has 0 bridgehead atoms. The first-order chi connectivity index (χ1) is 9.70. The van der Waals surface area contributed by atoms with Crippen LogP contribution in [0.4, 0.5) is 10.3 Å². The number of nitrogen functional groups attached to an aromatic ring is 1. The van der Waals surface area contributed by atoms with E-state index in [1.165, 1.54) is 10.9 Å². The minimum atomic E-state index is -0.337. The molecule has 0 radical (unpaired) electrons. The van der Waals surface area contributed by atoms with E-state index in [1.54, 1.807) is 29.5 Å². The number of aromatic nitrogens is 1. The second-order valence-electron chi connectivity index (χ2n) is 4.37. The number of hydrogen-bond donors (Lipinski definition) is 1. The number of thiophene rings is 1. The fraction of sp³-hybridized carbons (Fsp3) is 0.133. The van der Waals surface area contributed by atoms with Crippen LogP contribution in [0, 0.1) is 5.82 Å². The maximum absolute atomic E-state index is 14.0. The topological polar surface area (TPSA) is 52.0 Å². The molecule has 0 atom stereocenters. The zero-order valence-electron chi connectivity index (χ0n) is 10.9. The molecule has 2 aromatic heterocycles. The highest BCUT2D eigenvalue weighted by molar-refractivity contribution is 7.15. The molecule has 2 heterocycles. The Bertz CT molecular complexity index is 748. The van der Waals surface area contributed by atoms with Crippen molar-refractivity contribution in [3.8, 4) is 21.7 Å². The van der Waals surface area contributed by atoms with Crippen LogP contribution in [0.25, 0.3) is 21.7 Å². The van der Waals surface area contributed by atoms with E-state index in [2.05, 4.69) is 12.1 Å². The van der Waals surface area contributed by atoms with Gasteiger partial charge in [0.25, 0.3) is 0 Å². The largest absolute Gasteiger partial charge is 0.367 e. The number of aryl methyl sites for hydroxylation is 1. The lowest BCUT2D eigenvalue weighted by Gasteiger charge is -2.02. The van der Waals surface area contributed by atoms with E-state index in [0.717, 1.165) is 11.3 Å². The molecule has 0 aliphatic heterocycles. The van der Waals surface area contributed by atoms with Gasteiger partial charge in [-0.15, -0.1) is 11.3 Å². The molecule has 5 heteroatoms. The maximum Gasteiger partial charge on any atom is 0.230 e. The van der Waals surface area contributed by atoms with Crippen molar-refractivity contribution in [2.24, 2.45) is 0 Å². The van der Waals surface area contributed by atoms with E-state index < -0.39 is 0 Å². The molecular weight excluding hydrogens is 275 g/mol. The zero-order chi connectivity index (χ0) is 14.1. The fourth-order valence-corrected chi connectivity index (χ4v) is 3.03. The normalized spacial score (nSPS) is 10.9. The lowest BCUT2D eigenvalue weighted by molar-refractivity contribution is 0.439. The molecular formula is C15H13FN2OS. The molecule has 3 rings (SSSR count). The summed E-state index contributed by atoms with van der Waals surface area (Å²) < 4.78 is 19.0. The standard InChI is InChI=1S/C15H13FN2OS/c1-2-9-7-8-12(20-9)14-13(15(17)19-18-14)10-5-3-4-6-11(10)16/h3-8H,2,17H2,1H3. The smallest absolute Gasteiger partial charge is 0.230 e. The Morgan fingerprint density at radius 2 is 2.05 bits per heavy atom. The van der Waals surface area contributed by atoms with Crippen LogP contribution in [0.3, 0.4) is 0 Å². The summed E-state index contributed by atoms with van der Waals surface area (Å²) in [6, 6.07) is 10.5. The molecule has 0 aliphatic rings. The molecule has 0 amide bonds. The minimum absolute atomic E-state index is 0.136. The number of nitrogens with zero attached hydrogens (tertiary/aromatic N) is 1. The van der Waals surface area contributed by atoms with Crippen molar-refractivity contribution >= 4 is 17.2 Å². The van der Waals surface area contributed by atoms with Crippen LogP contribution in [0.1, 0.15) is 11.8 Å². The number of nitrogens with two attached hydrogens (primary N) is 1. The van der Waals surface area contributed by atoms with Gasteiger partial charge in [0.05, 0.1) is 10.4 Å². The zero-order valence-corrected chi connectivity index (χ0v) is 11.7. The Labute approximate surface area is 119 Å². The average molecular weight is 288 g/mol. The molecule has 2 N–H and O–H groups in total. The second kappa shape index (κ2) is 5.09. The van der Waals surface area contributed by atoms with Crippen LogP contribution in [-0.4, -0.2) is 5.16 Å². The Kier molecular flexibility index (Phi) is 3.28. The van der Waals surface area contributed by atoms with Crippen molar-refractivity contribution in [2.45, 2.75) is 13.3 Å². The predicted octanol–water partition coefficient (Wildman–Crippen LogP) is 4.35. The summed E-state index contributed by atoms with van der Waals surface area (Å²) in [5, 5.41) is 3.99. The highest BCUT2D eigenvalue weighted by atomic mass is 32.1. The summed E-state index contributed by atoms with van der Waals surface area (Å²) >= 11 is 1.61. The molecule has 0 unspecified atom stereocenters. The van der Waals surface area contributed by atoms with Gasteiger partial charge in [-0.1, -0.05) is 30.3 Å². The van der Waals surface area contributed by atoms with Crippen LogP contribution in [0.2, 0.25) is 0 Å². The molecule has 0 spiro atoms. The summed E-state index contributed by atoms with van der Waals surface area (Å²) in [6.07, 6.45) is 0.951. The van der Waals surface area contributed by atoms with Crippen LogP contribution >= 0.6 is 11.3 Å². The lowest BCUT2D eigenvalue weighted by atomic mass is 10.0. The number of anilines is 1. The van der Waals surface area contributed by atoms with Crippen molar-refractivity contribution in [3.05, 3.63) is 47.1 Å². The molecule has 102 valence electrons. The minimum Gasteiger partial charge on any atom is -0.367 e. The van der Waals surface area contributed by atoms with Crippen LogP contribution in [0.15, 0.2) is 40.9 Å². The van der Waals surface area contributed by atoms with E-state index in [4.69, 9.17) is 10.3 Å². The van der Waals surface area contributed by atoms with E-state index in [1.807, 2.05) is 12.1 Å². The van der Waals surface area contributed by atoms with Crippen molar-refractivity contribution < 1.29 is 8.91 Å². The summed E-state index contributed by atoms with van der Waals surface area (Å²) in [4.78, 5) is 2.17. The van der Waals surface area contributed by atoms with Crippen molar-refractivity contribution in [2.75, 3.05) is 5.73 Å². The van der Waals surface area contributed by atoms with E-state index in [-0.39, 0.29) is 11.7 Å². The Morgan fingerprint density at radius 3 is 2.75 bits per heavy atom. The molecule has 3 nitrogen and oxygen atoms in total. The van der Waals surface area contributed by atoms with Gasteiger partial charge in [0.1, 0.15) is 11.5 Å². The van der Waals surface area contributed by atoms with Crippen molar-refractivity contribution in [1.29, 1.82) is 0 Å². The SMILES string of the molecule is CCc1ccc(-c2noc(N)c2-c2ccccc2F)s1. The highest BCUT2D eigenvalue weighted by Gasteiger charge is 2.20. The number of benzene rings is 1. The fourth-order valence-electron chi connectivity index (χ4n) is 2.09. The van der Waals surface area contributed by atoms with E-state index in [0.29, 0.717) is 16.8 Å². The molecule has 1 aromatic carbocycles. The van der Waals surface area contributed by atoms with Gasteiger partial charge in [0.2, 0.25) is 5.88 Å². The molecule has 3 aromatic rings. The summed E-state index contributed by atoms with van der Waals surface area (Å²) in [7, 11) is 0. The summed E-state index contributed by atoms with van der Waals surface area (Å²) in [5.74, 6) is -0.201. The lowest BCUT2D eigenvalue weighted by Crippen LogP contribution is -1.89. The van der Waals surface area contributed by atoms with E-state index in [9.17, 15) is 4.39 Å². The van der Waals surface area contributed by atoms with Gasteiger partial charge in [0.15, 0.2) is 0 Å². The Balaban J connectivity index is 2.17. The van der Waals surface area contributed by atoms with Crippen LogP contribution < -0.4 is 5.73 Å². The molecule has 20 heavy (non-hydrogen) atoms. The molecule has 0 saturated heterocycles. The van der Waals surface area contributed by atoms with E-state index >= 15 is 0 Å². The Hall–Kier alpha value is -2.14. The van der Waals surface area contributed by atoms with Crippen LogP contribution in [0.5, 0.6) is 0 Å². The van der Waals surface area contributed by atoms with Gasteiger partial charge in [-0.25, -0.2) is 4.39 Å². The first-order valence-electron chi connectivity index (χ1n) is 6.29. The van der Waals surface area contributed by atoms with Crippen molar-refractivity contribution in [1.82, 2.24) is 5.16 Å². The third-order valence-electron chi connectivity index (χ3n) is 3.11. The highest BCUT2D eigenvalue weighted by Crippen LogP contribution is 2.39. The van der Waals surface area contributed by atoms with Gasteiger partial charge >= 0.3 is 0 Å². The van der Waals surface area contributed by atoms with Gasteiger partial charge in [-0.3, -0.25) is 0 Å².